The van der Waals surface area contributed by atoms with Crippen LogP contribution in [0.5, 0.6) is 11.5 Å². The first-order valence-electron chi connectivity index (χ1n) is 18.8. The number of carbonyl (C=O) groups excluding carboxylic acids is 5. The lowest BCUT2D eigenvalue weighted by Crippen LogP contribution is -2.35. The molecule has 8 rings (SSSR count). The molecule has 2 aliphatic rings. The van der Waals surface area contributed by atoms with E-state index in [-0.39, 0.29) is 53.3 Å². The van der Waals surface area contributed by atoms with Gasteiger partial charge in [0, 0.05) is 74.4 Å². The van der Waals surface area contributed by atoms with Crippen molar-refractivity contribution in [3.8, 4) is 11.5 Å². The monoisotopic (exact) mass is 816 g/mol. The number of aliphatic imine (C=N–C) groups is 1. The van der Waals surface area contributed by atoms with Gasteiger partial charge in [-0.25, -0.2) is 4.98 Å². The molecule has 2 aliphatic heterocycles. The van der Waals surface area contributed by atoms with E-state index in [9.17, 15) is 24.0 Å². The minimum Gasteiger partial charge on any atom is -0.493 e. The SMILES string of the molecule is COc1cc2c(cc1OCCCC(=O)Nc1nc(C(=O)Nc3cc(C(=O)Nc4cc(C(=O)n5ccc6cc(N)ccc65)n(C)c4)n(C)c3)cs1)N=C[C@@H]1CCCN1C2=O. The van der Waals surface area contributed by atoms with Gasteiger partial charge in [0.1, 0.15) is 17.1 Å². The minimum atomic E-state index is -0.528. The molecule has 1 saturated heterocycles. The third kappa shape index (κ3) is 7.89. The first-order valence-corrected chi connectivity index (χ1v) is 19.7. The average molecular weight is 817 g/mol. The molecule has 18 heteroatoms. The maximum Gasteiger partial charge on any atom is 0.279 e. The molecule has 4 amide bonds. The number of nitrogens with zero attached hydrogens (tertiary/aromatic N) is 6. The second-order valence-corrected chi connectivity index (χ2v) is 15.1. The highest BCUT2D eigenvalue weighted by molar-refractivity contribution is 7.14. The molecule has 0 radical (unpaired) electrons. The number of aryl methyl sites for hydroxylation is 2. The number of hydrogen-bond donors (Lipinski definition) is 4. The first-order chi connectivity index (χ1) is 28.4. The summed E-state index contributed by atoms with van der Waals surface area (Å²) in [6.45, 7) is 0.895. The molecule has 6 heterocycles. The second kappa shape index (κ2) is 16.0. The summed E-state index contributed by atoms with van der Waals surface area (Å²) in [6.07, 6.45) is 9.04. The molecule has 2 aromatic carbocycles. The van der Waals surface area contributed by atoms with Crippen molar-refractivity contribution in [2.24, 2.45) is 19.1 Å². The fraction of sp³-hybridized carbons (Fsp3) is 0.244. The molecular weight excluding hydrogens is 777 g/mol. The van der Waals surface area contributed by atoms with Gasteiger partial charge < -0.3 is 45.2 Å². The van der Waals surface area contributed by atoms with Gasteiger partial charge in [-0.15, -0.1) is 11.3 Å². The van der Waals surface area contributed by atoms with Crippen molar-refractivity contribution in [1.29, 1.82) is 0 Å². The lowest BCUT2D eigenvalue weighted by Gasteiger charge is -2.20. The van der Waals surface area contributed by atoms with Gasteiger partial charge in [0.25, 0.3) is 23.6 Å². The molecule has 302 valence electrons. The van der Waals surface area contributed by atoms with Crippen LogP contribution < -0.4 is 31.2 Å². The largest absolute Gasteiger partial charge is 0.493 e. The Kier molecular flexibility index (Phi) is 10.5. The van der Waals surface area contributed by atoms with Crippen LogP contribution in [0, 0.1) is 0 Å². The fourth-order valence-corrected chi connectivity index (χ4v) is 7.92. The van der Waals surface area contributed by atoms with Crippen LogP contribution in [-0.2, 0) is 18.9 Å². The number of nitrogens with two attached hydrogens (primary N) is 1. The number of benzene rings is 2. The molecule has 4 aromatic heterocycles. The number of nitrogen functional groups attached to an aromatic ring is 1. The van der Waals surface area contributed by atoms with Crippen molar-refractivity contribution < 1.29 is 33.4 Å². The first kappa shape index (κ1) is 38.7. The third-order valence-corrected chi connectivity index (χ3v) is 10.9. The Hall–Kier alpha value is -7.21. The second-order valence-electron chi connectivity index (χ2n) is 14.2. The standard InChI is InChI=1S/C41H40N10O7S/c1-48-20-25(15-32(48)38(54)45-26-16-33(49(2)21-26)40(56)51-12-10-23-14-24(42)8-9-31(23)51)44-37(53)30-22-59-41(46-30)47-36(52)7-5-13-58-35-18-29-28(17-34(35)57-3)39(55)50-11-4-6-27(50)19-43-29/h8-10,12,14-22,27H,4-7,11,13,42H2,1-3H3,(H,44,53)(H,45,54)(H,46,47,52)/t27-/m0/s1. The predicted molar refractivity (Wildman–Crippen MR) is 223 cm³/mol. The zero-order chi connectivity index (χ0) is 41.4. The molecule has 0 unspecified atom stereocenters. The molecule has 17 nitrogen and oxygen atoms in total. The summed E-state index contributed by atoms with van der Waals surface area (Å²) in [5.74, 6) is -0.814. The van der Waals surface area contributed by atoms with E-state index in [2.05, 4.69) is 25.9 Å². The number of carbonyl (C=O) groups is 5. The highest BCUT2D eigenvalue weighted by Crippen LogP contribution is 2.38. The maximum atomic E-state index is 13.4. The number of aromatic nitrogens is 4. The molecule has 0 bridgehead atoms. The summed E-state index contributed by atoms with van der Waals surface area (Å²) in [5.41, 5.74) is 9.64. The van der Waals surface area contributed by atoms with Crippen molar-refractivity contribution in [3.63, 3.8) is 0 Å². The molecular formula is C41H40N10O7S. The number of hydrogen-bond acceptors (Lipinski definition) is 11. The van der Waals surface area contributed by atoms with Crippen molar-refractivity contribution >= 4 is 85.9 Å². The van der Waals surface area contributed by atoms with Gasteiger partial charge >= 0.3 is 0 Å². The summed E-state index contributed by atoms with van der Waals surface area (Å²) in [6, 6.07) is 13.6. The van der Waals surface area contributed by atoms with Crippen molar-refractivity contribution in [3.05, 3.63) is 95.1 Å². The van der Waals surface area contributed by atoms with Gasteiger partial charge in [-0.05, 0) is 61.7 Å². The Bertz CT molecular complexity index is 2690. The summed E-state index contributed by atoms with van der Waals surface area (Å²) in [7, 11) is 4.88. The minimum absolute atomic E-state index is 0.0124. The Morgan fingerprint density at radius 3 is 2.49 bits per heavy atom. The van der Waals surface area contributed by atoms with E-state index in [1.807, 2.05) is 17.2 Å². The molecule has 5 N–H and O–H groups in total. The van der Waals surface area contributed by atoms with Gasteiger partial charge in [0.2, 0.25) is 5.91 Å². The molecule has 1 fully saturated rings. The number of fused-ring (bicyclic) bond motifs is 3. The molecule has 0 spiro atoms. The molecule has 59 heavy (non-hydrogen) atoms. The van der Waals surface area contributed by atoms with E-state index in [1.165, 1.54) is 23.1 Å². The van der Waals surface area contributed by atoms with Crippen LogP contribution >= 0.6 is 11.3 Å². The highest BCUT2D eigenvalue weighted by atomic mass is 32.1. The Morgan fingerprint density at radius 2 is 1.69 bits per heavy atom. The summed E-state index contributed by atoms with van der Waals surface area (Å²) >= 11 is 1.10. The van der Waals surface area contributed by atoms with E-state index >= 15 is 0 Å². The van der Waals surface area contributed by atoms with Gasteiger partial charge in [0.05, 0.1) is 47.9 Å². The van der Waals surface area contributed by atoms with Crippen molar-refractivity contribution in [1.82, 2.24) is 23.6 Å². The van der Waals surface area contributed by atoms with Crippen LogP contribution in [0.4, 0.5) is 27.9 Å². The lowest BCUT2D eigenvalue weighted by molar-refractivity contribution is -0.116. The zero-order valence-electron chi connectivity index (χ0n) is 32.4. The number of anilines is 4. The van der Waals surface area contributed by atoms with Crippen LogP contribution in [0.1, 0.15) is 67.5 Å². The van der Waals surface area contributed by atoms with E-state index in [1.54, 1.807) is 78.2 Å². The fourth-order valence-electron chi connectivity index (χ4n) is 7.21. The number of rotatable bonds is 12. The van der Waals surface area contributed by atoms with Gasteiger partial charge in [-0.2, -0.15) is 0 Å². The van der Waals surface area contributed by atoms with E-state index in [0.717, 1.165) is 29.6 Å². The number of amides is 4. The quantitative estimate of drug-likeness (QED) is 0.0884. The maximum absolute atomic E-state index is 13.4. The molecule has 6 aromatic rings. The van der Waals surface area contributed by atoms with E-state index in [4.69, 9.17) is 15.2 Å². The zero-order valence-corrected chi connectivity index (χ0v) is 33.2. The van der Waals surface area contributed by atoms with Gasteiger partial charge in [-0.1, -0.05) is 0 Å². The number of thiazole rings is 1. The lowest BCUT2D eigenvalue weighted by atomic mass is 10.1. The third-order valence-electron chi connectivity index (χ3n) is 10.2. The molecule has 0 aliphatic carbocycles. The summed E-state index contributed by atoms with van der Waals surface area (Å²) in [5, 5.41) is 10.9. The van der Waals surface area contributed by atoms with Crippen LogP contribution in [0.3, 0.4) is 0 Å². The van der Waals surface area contributed by atoms with Gasteiger partial charge in [0.15, 0.2) is 16.6 Å². The van der Waals surface area contributed by atoms with Gasteiger partial charge in [-0.3, -0.25) is 33.5 Å². The number of ether oxygens (including phenoxy) is 2. The van der Waals surface area contributed by atoms with Crippen LogP contribution in [-0.4, -0.2) is 85.6 Å². The van der Waals surface area contributed by atoms with E-state index < -0.39 is 11.8 Å². The average Bonchev–Trinajstić information content (AvgIpc) is 4.06. The topological polar surface area (TPSA) is 209 Å². The van der Waals surface area contributed by atoms with Crippen molar-refractivity contribution in [2.45, 2.75) is 31.7 Å². The molecule has 1 atom stereocenters. The smallest absolute Gasteiger partial charge is 0.279 e. The van der Waals surface area contributed by atoms with Crippen LogP contribution in [0.15, 0.2) is 77.5 Å². The Labute approximate surface area is 341 Å². The highest BCUT2D eigenvalue weighted by Gasteiger charge is 2.32. The number of nitrogens with one attached hydrogen (secondary N) is 3. The Balaban J connectivity index is 0.821. The van der Waals surface area contributed by atoms with Crippen LogP contribution in [0.25, 0.3) is 10.9 Å². The normalized spacial score (nSPS) is 14.5. The number of methoxy groups -OCH3 is 1. The summed E-state index contributed by atoms with van der Waals surface area (Å²) in [4.78, 5) is 76.3. The van der Waals surface area contributed by atoms with Crippen molar-refractivity contribution in [2.75, 3.05) is 41.9 Å². The predicted octanol–water partition coefficient (Wildman–Crippen LogP) is 5.68. The van der Waals surface area contributed by atoms with E-state index in [0.29, 0.717) is 64.0 Å². The molecule has 0 saturated carbocycles. The van der Waals surface area contributed by atoms with Crippen LogP contribution in [0.2, 0.25) is 0 Å². The summed E-state index contributed by atoms with van der Waals surface area (Å²) < 4.78 is 16.2. The Morgan fingerprint density at radius 1 is 0.932 bits per heavy atom.